The molecule has 1 heterocycles. The quantitative estimate of drug-likeness (QED) is 0.795. The Kier molecular flexibility index (Phi) is 3.74. The van der Waals surface area contributed by atoms with Crippen molar-refractivity contribution in [2.24, 2.45) is 0 Å². The zero-order chi connectivity index (χ0) is 13.0. The Bertz CT molecular complexity index is 677. The van der Waals surface area contributed by atoms with Gasteiger partial charge in [-0.15, -0.1) is 0 Å². The highest BCUT2D eigenvalue weighted by molar-refractivity contribution is 7.89. The van der Waals surface area contributed by atoms with Crippen molar-refractivity contribution in [2.45, 2.75) is 6.92 Å². The van der Waals surface area contributed by atoms with Crippen LogP contribution in [0.5, 0.6) is 0 Å². The van der Waals surface area contributed by atoms with Crippen molar-refractivity contribution in [3.8, 4) is 0 Å². The molecule has 0 fully saturated rings. The van der Waals surface area contributed by atoms with Crippen molar-refractivity contribution in [2.75, 3.05) is 6.61 Å². The van der Waals surface area contributed by atoms with E-state index < -0.39 is 10.1 Å². The van der Waals surface area contributed by atoms with Crippen LogP contribution in [0, 0.1) is 0 Å². The highest BCUT2D eigenvalue weighted by Crippen LogP contribution is 2.13. The lowest BCUT2D eigenvalue weighted by Crippen LogP contribution is -2.00. The second-order valence-electron chi connectivity index (χ2n) is 3.63. The van der Waals surface area contributed by atoms with Gasteiger partial charge in [0.15, 0.2) is 0 Å². The van der Waals surface area contributed by atoms with E-state index in [9.17, 15) is 8.42 Å². The molecule has 94 valence electrons. The average Bonchev–Trinajstić information content (AvgIpc) is 2.36. The lowest BCUT2D eigenvalue weighted by molar-refractivity contribution is 0.345. The number of aromatic nitrogens is 1. The standard InChI is InChI=1S/C13H13NO3S/c1-2-17-18(15,16)10-9-12-8-7-11-5-3-4-6-13(11)14-12/h3-10H,2H2,1H3/b10-9+. The van der Waals surface area contributed by atoms with Crippen LogP contribution in [-0.2, 0) is 14.3 Å². The third-order valence-electron chi connectivity index (χ3n) is 2.31. The summed E-state index contributed by atoms with van der Waals surface area (Å²) in [6.07, 6.45) is 1.43. The smallest absolute Gasteiger partial charge is 0.267 e. The number of fused-ring (bicyclic) bond motifs is 1. The number of hydrogen-bond acceptors (Lipinski definition) is 4. The minimum atomic E-state index is -3.60. The Morgan fingerprint density at radius 3 is 2.78 bits per heavy atom. The van der Waals surface area contributed by atoms with Gasteiger partial charge >= 0.3 is 0 Å². The molecule has 2 rings (SSSR count). The SMILES string of the molecule is CCOS(=O)(=O)/C=C/c1ccc2ccccc2n1. The van der Waals surface area contributed by atoms with Gasteiger partial charge in [-0.2, -0.15) is 8.42 Å². The minimum Gasteiger partial charge on any atom is -0.267 e. The number of pyridine rings is 1. The van der Waals surface area contributed by atoms with Crippen LogP contribution in [0.25, 0.3) is 17.0 Å². The summed E-state index contributed by atoms with van der Waals surface area (Å²) in [6, 6.07) is 11.3. The summed E-state index contributed by atoms with van der Waals surface area (Å²) in [6.45, 7) is 1.75. The monoisotopic (exact) mass is 263 g/mol. The molecule has 0 bridgehead atoms. The van der Waals surface area contributed by atoms with Gasteiger partial charge in [0.05, 0.1) is 23.2 Å². The van der Waals surface area contributed by atoms with Gasteiger partial charge < -0.3 is 0 Å². The van der Waals surface area contributed by atoms with Crippen LogP contribution in [0.2, 0.25) is 0 Å². The molecule has 18 heavy (non-hydrogen) atoms. The molecule has 1 aromatic carbocycles. The first kappa shape index (κ1) is 12.7. The maximum Gasteiger partial charge on any atom is 0.290 e. The summed E-state index contributed by atoms with van der Waals surface area (Å²) in [5.41, 5.74) is 1.41. The molecular formula is C13H13NO3S. The number of nitrogens with zero attached hydrogens (tertiary/aromatic N) is 1. The van der Waals surface area contributed by atoms with Crippen LogP contribution in [0.4, 0.5) is 0 Å². The number of hydrogen-bond donors (Lipinski definition) is 0. The Hall–Kier alpha value is -1.72. The molecule has 0 amide bonds. The first-order valence-corrected chi connectivity index (χ1v) is 7.01. The molecule has 0 atom stereocenters. The fourth-order valence-electron chi connectivity index (χ4n) is 1.53. The zero-order valence-corrected chi connectivity index (χ0v) is 10.7. The molecule has 0 saturated carbocycles. The molecule has 2 aromatic rings. The third-order valence-corrected chi connectivity index (χ3v) is 3.34. The minimum absolute atomic E-state index is 0.123. The van der Waals surface area contributed by atoms with Gasteiger partial charge in [0.25, 0.3) is 10.1 Å². The number of benzene rings is 1. The van der Waals surface area contributed by atoms with Crippen molar-refractivity contribution in [1.29, 1.82) is 0 Å². The van der Waals surface area contributed by atoms with Crippen molar-refractivity contribution >= 4 is 27.1 Å². The van der Waals surface area contributed by atoms with Crippen LogP contribution in [0.15, 0.2) is 41.8 Å². The summed E-state index contributed by atoms with van der Waals surface area (Å²) >= 11 is 0. The average molecular weight is 263 g/mol. The van der Waals surface area contributed by atoms with Crippen molar-refractivity contribution in [1.82, 2.24) is 4.98 Å². The molecule has 0 saturated heterocycles. The lowest BCUT2D eigenvalue weighted by atomic mass is 10.2. The first-order valence-electron chi connectivity index (χ1n) is 5.54. The predicted octanol–water partition coefficient (Wildman–Crippen LogP) is 2.57. The van der Waals surface area contributed by atoms with E-state index in [-0.39, 0.29) is 6.61 Å². The van der Waals surface area contributed by atoms with Crippen LogP contribution in [0.3, 0.4) is 0 Å². The van der Waals surface area contributed by atoms with Gasteiger partial charge in [0.2, 0.25) is 0 Å². The zero-order valence-electron chi connectivity index (χ0n) is 9.91. The normalized spacial score (nSPS) is 12.3. The lowest BCUT2D eigenvalue weighted by Gasteiger charge is -1.99. The molecule has 0 N–H and O–H groups in total. The second kappa shape index (κ2) is 5.29. The van der Waals surface area contributed by atoms with Gasteiger partial charge in [-0.3, -0.25) is 4.18 Å². The Balaban J connectivity index is 2.30. The highest BCUT2D eigenvalue weighted by Gasteiger charge is 2.03. The molecule has 4 nitrogen and oxygen atoms in total. The third kappa shape index (κ3) is 3.15. The van der Waals surface area contributed by atoms with Crippen molar-refractivity contribution in [3.63, 3.8) is 0 Å². The van der Waals surface area contributed by atoms with Crippen LogP contribution in [0.1, 0.15) is 12.6 Å². The summed E-state index contributed by atoms with van der Waals surface area (Å²) < 4.78 is 27.3. The Morgan fingerprint density at radius 2 is 2.00 bits per heavy atom. The van der Waals surface area contributed by atoms with E-state index in [0.29, 0.717) is 5.69 Å². The van der Waals surface area contributed by atoms with Crippen LogP contribution < -0.4 is 0 Å². The maximum atomic E-state index is 11.3. The van der Waals surface area contributed by atoms with Gasteiger partial charge in [0.1, 0.15) is 0 Å². The van der Waals surface area contributed by atoms with E-state index in [0.717, 1.165) is 16.3 Å². The highest BCUT2D eigenvalue weighted by atomic mass is 32.2. The van der Waals surface area contributed by atoms with Crippen molar-refractivity contribution < 1.29 is 12.6 Å². The van der Waals surface area contributed by atoms with Gasteiger partial charge in [-0.05, 0) is 25.1 Å². The molecule has 5 heteroatoms. The number of rotatable bonds is 4. The first-order chi connectivity index (χ1) is 8.61. The summed E-state index contributed by atoms with van der Waals surface area (Å²) in [4.78, 5) is 4.33. The largest absolute Gasteiger partial charge is 0.290 e. The summed E-state index contributed by atoms with van der Waals surface area (Å²) in [7, 11) is -3.60. The second-order valence-corrected chi connectivity index (χ2v) is 5.12. The fourth-order valence-corrected chi connectivity index (χ4v) is 2.24. The molecule has 0 radical (unpaired) electrons. The van der Waals surface area contributed by atoms with Crippen LogP contribution >= 0.6 is 0 Å². The van der Waals surface area contributed by atoms with E-state index in [4.69, 9.17) is 0 Å². The topological polar surface area (TPSA) is 56.3 Å². The number of para-hydroxylation sites is 1. The van der Waals surface area contributed by atoms with Gasteiger partial charge in [0, 0.05) is 5.39 Å². The van der Waals surface area contributed by atoms with E-state index in [1.807, 2.05) is 30.3 Å². The van der Waals surface area contributed by atoms with Gasteiger partial charge in [-0.1, -0.05) is 24.3 Å². The molecular weight excluding hydrogens is 250 g/mol. The molecule has 1 aromatic heterocycles. The molecule has 0 spiro atoms. The van der Waals surface area contributed by atoms with Gasteiger partial charge in [-0.25, -0.2) is 4.98 Å². The molecule has 0 aliphatic heterocycles. The van der Waals surface area contributed by atoms with E-state index in [1.165, 1.54) is 6.08 Å². The van der Waals surface area contributed by atoms with E-state index >= 15 is 0 Å². The van der Waals surface area contributed by atoms with E-state index in [1.54, 1.807) is 13.0 Å². The summed E-state index contributed by atoms with van der Waals surface area (Å²) in [5, 5.41) is 2.04. The van der Waals surface area contributed by atoms with Crippen molar-refractivity contribution in [3.05, 3.63) is 47.5 Å². The Morgan fingerprint density at radius 1 is 1.22 bits per heavy atom. The predicted molar refractivity (Wildman–Crippen MR) is 71.3 cm³/mol. The summed E-state index contributed by atoms with van der Waals surface area (Å²) in [5.74, 6) is 0. The van der Waals surface area contributed by atoms with E-state index in [2.05, 4.69) is 9.17 Å². The molecule has 0 aliphatic rings. The maximum absolute atomic E-state index is 11.3. The molecule has 0 aliphatic carbocycles. The fraction of sp³-hybridized carbons (Fsp3) is 0.154. The molecule has 0 unspecified atom stereocenters. The Labute approximate surface area is 106 Å². The van der Waals surface area contributed by atoms with Crippen LogP contribution in [-0.4, -0.2) is 20.0 Å².